The number of pyridine rings is 1. The summed E-state index contributed by atoms with van der Waals surface area (Å²) in [5.74, 6) is -0.812. The molecule has 1 saturated heterocycles. The number of carbonyl (C=O) groups is 2. The van der Waals surface area contributed by atoms with Crippen molar-refractivity contribution < 1.29 is 9.59 Å². The van der Waals surface area contributed by atoms with Gasteiger partial charge in [-0.3, -0.25) is 14.6 Å². The van der Waals surface area contributed by atoms with Gasteiger partial charge >= 0.3 is 11.8 Å². The van der Waals surface area contributed by atoms with Gasteiger partial charge in [-0.2, -0.15) is 0 Å². The fourth-order valence-corrected chi connectivity index (χ4v) is 3.15. The second-order valence-corrected chi connectivity index (χ2v) is 6.62. The second-order valence-electron chi connectivity index (χ2n) is 6.62. The summed E-state index contributed by atoms with van der Waals surface area (Å²) in [7, 11) is 0. The number of benzene rings is 1. The predicted molar refractivity (Wildman–Crippen MR) is 102 cm³/mol. The summed E-state index contributed by atoms with van der Waals surface area (Å²) < 4.78 is 0. The highest BCUT2D eigenvalue weighted by molar-refractivity contribution is 6.39. The van der Waals surface area contributed by atoms with E-state index in [-0.39, 0.29) is 0 Å². The number of hydrogen-bond donors (Lipinski definition) is 2. The number of para-hydroxylation sites is 1. The van der Waals surface area contributed by atoms with Crippen molar-refractivity contribution in [2.24, 2.45) is 5.92 Å². The molecule has 0 radical (unpaired) electrons. The average Bonchev–Trinajstić information content (AvgIpc) is 2.69. The van der Waals surface area contributed by atoms with E-state index >= 15 is 0 Å². The van der Waals surface area contributed by atoms with Crippen molar-refractivity contribution in [3.05, 3.63) is 54.4 Å². The third kappa shape index (κ3) is 4.59. The van der Waals surface area contributed by atoms with E-state index in [2.05, 4.69) is 26.6 Å². The molecule has 1 aromatic heterocycles. The molecule has 1 aromatic carbocycles. The molecule has 1 fully saturated rings. The van der Waals surface area contributed by atoms with Gasteiger partial charge in [0.05, 0.1) is 11.9 Å². The Balaban J connectivity index is 1.42. The molecule has 0 spiro atoms. The molecule has 0 atom stereocenters. The number of piperidine rings is 1. The number of nitrogens with zero attached hydrogens (tertiary/aromatic N) is 2. The summed E-state index contributed by atoms with van der Waals surface area (Å²) >= 11 is 0. The summed E-state index contributed by atoms with van der Waals surface area (Å²) in [5.41, 5.74) is 2.72. The smallest absolute Gasteiger partial charge is 0.313 e. The zero-order chi connectivity index (χ0) is 18.4. The minimum absolute atomic E-state index is 0.387. The zero-order valence-electron chi connectivity index (χ0n) is 14.9. The lowest BCUT2D eigenvalue weighted by atomic mass is 9.96. The van der Waals surface area contributed by atoms with Crippen LogP contribution in [0.3, 0.4) is 0 Å². The van der Waals surface area contributed by atoms with Gasteiger partial charge in [-0.15, -0.1) is 0 Å². The van der Waals surface area contributed by atoms with Crippen LogP contribution in [0.15, 0.2) is 48.8 Å². The number of anilines is 2. The monoisotopic (exact) mass is 352 g/mol. The topological polar surface area (TPSA) is 74.3 Å². The van der Waals surface area contributed by atoms with Crippen molar-refractivity contribution >= 4 is 23.2 Å². The first-order chi connectivity index (χ1) is 12.6. The Kier molecular flexibility index (Phi) is 5.84. The SMILES string of the molecule is Cc1ccccc1NC(=O)C(=O)NCC1CCN(c2cccnc2)CC1. The number of aryl methyl sites for hydroxylation is 1. The average molecular weight is 352 g/mol. The molecular weight excluding hydrogens is 328 g/mol. The van der Waals surface area contributed by atoms with E-state index < -0.39 is 11.8 Å². The minimum Gasteiger partial charge on any atom is -0.370 e. The standard InChI is InChI=1S/C20H24N4O2/c1-15-5-2-3-7-18(15)23-20(26)19(25)22-13-16-8-11-24(12-9-16)17-6-4-10-21-14-17/h2-7,10,14,16H,8-9,11-13H2,1H3,(H,22,25)(H,23,26). The van der Waals surface area contributed by atoms with E-state index in [4.69, 9.17) is 0 Å². The highest BCUT2D eigenvalue weighted by atomic mass is 16.2. The molecule has 0 unspecified atom stereocenters. The van der Waals surface area contributed by atoms with Gasteiger partial charge in [0.2, 0.25) is 0 Å². The molecule has 26 heavy (non-hydrogen) atoms. The third-order valence-electron chi connectivity index (χ3n) is 4.78. The van der Waals surface area contributed by atoms with Crippen LogP contribution in [-0.2, 0) is 9.59 Å². The fraction of sp³-hybridized carbons (Fsp3) is 0.350. The number of amides is 2. The normalized spacial score (nSPS) is 14.7. The van der Waals surface area contributed by atoms with Crippen molar-refractivity contribution in [3.63, 3.8) is 0 Å². The van der Waals surface area contributed by atoms with Crippen LogP contribution in [0.4, 0.5) is 11.4 Å². The Hall–Kier alpha value is -2.89. The molecule has 2 amide bonds. The molecule has 1 aliphatic heterocycles. The molecule has 0 bridgehead atoms. The van der Waals surface area contributed by atoms with Gasteiger partial charge in [0.15, 0.2) is 0 Å². The van der Waals surface area contributed by atoms with Crippen molar-refractivity contribution in [1.82, 2.24) is 10.3 Å². The zero-order valence-corrected chi connectivity index (χ0v) is 14.9. The molecular formula is C20H24N4O2. The van der Waals surface area contributed by atoms with Crippen LogP contribution < -0.4 is 15.5 Å². The first-order valence-corrected chi connectivity index (χ1v) is 8.93. The fourth-order valence-electron chi connectivity index (χ4n) is 3.15. The van der Waals surface area contributed by atoms with Crippen molar-refractivity contribution in [2.75, 3.05) is 29.9 Å². The lowest BCUT2D eigenvalue weighted by Gasteiger charge is -2.33. The lowest BCUT2D eigenvalue weighted by molar-refractivity contribution is -0.136. The van der Waals surface area contributed by atoms with Crippen LogP contribution in [0.5, 0.6) is 0 Å². The van der Waals surface area contributed by atoms with Crippen molar-refractivity contribution in [2.45, 2.75) is 19.8 Å². The van der Waals surface area contributed by atoms with Crippen LogP contribution >= 0.6 is 0 Å². The summed E-state index contributed by atoms with van der Waals surface area (Å²) in [6.45, 7) is 4.29. The molecule has 3 rings (SSSR count). The Morgan fingerprint density at radius 1 is 1.12 bits per heavy atom. The van der Waals surface area contributed by atoms with Gasteiger partial charge in [0.1, 0.15) is 0 Å². The number of nitrogens with one attached hydrogen (secondary N) is 2. The molecule has 0 saturated carbocycles. The Bertz CT molecular complexity index is 755. The van der Waals surface area contributed by atoms with Gasteiger partial charge in [0.25, 0.3) is 0 Å². The van der Waals surface area contributed by atoms with Gasteiger partial charge < -0.3 is 15.5 Å². The molecule has 6 heteroatoms. The third-order valence-corrected chi connectivity index (χ3v) is 4.78. The molecule has 136 valence electrons. The van der Waals surface area contributed by atoms with E-state index in [1.807, 2.05) is 37.4 Å². The summed E-state index contributed by atoms with van der Waals surface area (Å²) in [6, 6.07) is 11.4. The molecule has 2 N–H and O–H groups in total. The molecule has 6 nitrogen and oxygen atoms in total. The number of rotatable bonds is 4. The van der Waals surface area contributed by atoms with Crippen molar-refractivity contribution in [1.29, 1.82) is 0 Å². The Morgan fingerprint density at radius 2 is 1.88 bits per heavy atom. The number of aromatic nitrogens is 1. The summed E-state index contributed by atoms with van der Waals surface area (Å²) in [6.07, 6.45) is 5.61. The minimum atomic E-state index is -0.618. The van der Waals surface area contributed by atoms with Gasteiger partial charge in [0, 0.05) is 31.5 Å². The molecule has 1 aliphatic rings. The maximum Gasteiger partial charge on any atom is 0.313 e. The van der Waals surface area contributed by atoms with Crippen LogP contribution in [0, 0.1) is 12.8 Å². The predicted octanol–water partition coefficient (Wildman–Crippen LogP) is 2.36. The van der Waals surface area contributed by atoms with E-state index in [0.29, 0.717) is 18.2 Å². The first-order valence-electron chi connectivity index (χ1n) is 8.93. The lowest BCUT2D eigenvalue weighted by Crippen LogP contribution is -2.41. The van der Waals surface area contributed by atoms with Gasteiger partial charge in [-0.05, 0) is 49.4 Å². The van der Waals surface area contributed by atoms with E-state index in [1.54, 1.807) is 12.3 Å². The van der Waals surface area contributed by atoms with E-state index in [9.17, 15) is 9.59 Å². The second kappa shape index (κ2) is 8.47. The summed E-state index contributed by atoms with van der Waals surface area (Å²) in [4.78, 5) is 30.5. The largest absolute Gasteiger partial charge is 0.370 e. The number of carbonyl (C=O) groups excluding carboxylic acids is 2. The van der Waals surface area contributed by atoms with Crippen LogP contribution in [0.1, 0.15) is 18.4 Å². The quantitative estimate of drug-likeness (QED) is 0.829. The maximum atomic E-state index is 12.0. The highest BCUT2D eigenvalue weighted by Crippen LogP contribution is 2.22. The molecule has 2 heterocycles. The van der Waals surface area contributed by atoms with Crippen LogP contribution in [0.25, 0.3) is 0 Å². The Labute approximate surface area is 153 Å². The van der Waals surface area contributed by atoms with Crippen LogP contribution in [0.2, 0.25) is 0 Å². The molecule has 2 aromatic rings. The highest BCUT2D eigenvalue weighted by Gasteiger charge is 2.21. The van der Waals surface area contributed by atoms with Gasteiger partial charge in [-0.1, -0.05) is 18.2 Å². The first kappa shape index (κ1) is 17.9. The van der Waals surface area contributed by atoms with Gasteiger partial charge in [-0.25, -0.2) is 0 Å². The van der Waals surface area contributed by atoms with E-state index in [0.717, 1.165) is 37.2 Å². The maximum absolute atomic E-state index is 12.0. The molecule has 0 aliphatic carbocycles. The number of hydrogen-bond acceptors (Lipinski definition) is 4. The van der Waals surface area contributed by atoms with E-state index in [1.165, 1.54) is 0 Å². The summed E-state index contributed by atoms with van der Waals surface area (Å²) in [5, 5.41) is 5.42. The van der Waals surface area contributed by atoms with Crippen LogP contribution in [-0.4, -0.2) is 36.4 Å². The Morgan fingerprint density at radius 3 is 2.58 bits per heavy atom. The van der Waals surface area contributed by atoms with Crippen molar-refractivity contribution in [3.8, 4) is 0 Å².